The Morgan fingerprint density at radius 3 is 1.94 bits per heavy atom. The molecule has 0 radical (unpaired) electrons. The topological polar surface area (TPSA) is 74.2 Å². The zero-order valence-corrected chi connectivity index (χ0v) is 26.9. The van der Waals surface area contributed by atoms with Gasteiger partial charge in [-0.2, -0.15) is 0 Å². The Morgan fingerprint density at radius 2 is 1.50 bits per heavy atom. The number of aryl methyl sites for hydroxylation is 1. The molecule has 0 aliphatic carbocycles. The molecule has 0 fully saturated rings. The molecule has 36 heavy (non-hydrogen) atoms. The lowest BCUT2D eigenvalue weighted by molar-refractivity contribution is 0.130. The van der Waals surface area contributed by atoms with Crippen LogP contribution in [0.4, 0.5) is 0 Å². The Kier molecular flexibility index (Phi) is 12.4. The van der Waals surface area contributed by atoms with Crippen molar-refractivity contribution in [2.75, 3.05) is 26.4 Å². The van der Waals surface area contributed by atoms with Crippen LogP contribution in [-0.2, 0) is 29.9 Å². The Bertz CT molecular complexity index is 858. The second-order valence-electron chi connectivity index (χ2n) is 12.9. The number of hydrogen-bond acceptors (Lipinski definition) is 6. The van der Waals surface area contributed by atoms with Gasteiger partial charge in [0, 0.05) is 18.8 Å². The summed E-state index contributed by atoms with van der Waals surface area (Å²) in [6.07, 6.45) is 1.26. The van der Waals surface area contributed by atoms with Crippen LogP contribution in [0.15, 0.2) is 12.1 Å². The first-order chi connectivity index (χ1) is 16.3. The minimum Gasteiger partial charge on any atom is -0.417 e. The van der Waals surface area contributed by atoms with Gasteiger partial charge >= 0.3 is 7.82 Å². The van der Waals surface area contributed by atoms with E-state index in [0.29, 0.717) is 18.8 Å². The molecule has 0 saturated carbocycles. The standard InChI is InChI=1S/C28H53O6PSi/c1-21(2)19-31-35(30,32-20-22(3)4)34-25-18-24(13-15-29)17-23(5)26(25)28(9,10)14-16-33-36(11,12)27(6,7)8/h17-18,21-22,29H,13-16,19-20H2,1-12H3. The number of phosphoric ester groups is 1. The molecule has 0 atom stereocenters. The van der Waals surface area contributed by atoms with Gasteiger partial charge in [0.05, 0.1) is 13.2 Å². The van der Waals surface area contributed by atoms with E-state index in [1.165, 1.54) is 0 Å². The van der Waals surface area contributed by atoms with Gasteiger partial charge in [-0.25, -0.2) is 4.57 Å². The van der Waals surface area contributed by atoms with Gasteiger partial charge in [-0.1, -0.05) is 68.4 Å². The third-order valence-corrected chi connectivity index (χ3v) is 12.7. The van der Waals surface area contributed by atoms with Crippen molar-refractivity contribution in [3.05, 3.63) is 28.8 Å². The lowest BCUT2D eigenvalue weighted by Crippen LogP contribution is -2.41. The molecule has 0 amide bonds. The van der Waals surface area contributed by atoms with Crippen LogP contribution < -0.4 is 4.52 Å². The van der Waals surface area contributed by atoms with E-state index < -0.39 is 16.1 Å². The lowest BCUT2D eigenvalue weighted by Gasteiger charge is -2.38. The molecular weight excluding hydrogens is 491 g/mol. The first-order valence-corrected chi connectivity index (χ1v) is 17.7. The molecular formula is C28H53O6PSi. The smallest absolute Gasteiger partial charge is 0.417 e. The Morgan fingerprint density at radius 1 is 0.972 bits per heavy atom. The Labute approximate surface area is 222 Å². The van der Waals surface area contributed by atoms with Crippen LogP contribution in [0, 0.1) is 18.8 Å². The molecule has 210 valence electrons. The normalized spacial score (nSPS) is 13.6. The quantitative estimate of drug-likeness (QED) is 0.178. The summed E-state index contributed by atoms with van der Waals surface area (Å²) in [6, 6.07) is 3.95. The maximum absolute atomic E-state index is 13.8. The number of rotatable bonds is 15. The second-order valence-corrected chi connectivity index (χ2v) is 19.3. The fraction of sp³-hybridized carbons (Fsp3) is 0.786. The van der Waals surface area contributed by atoms with E-state index in [2.05, 4.69) is 53.8 Å². The van der Waals surface area contributed by atoms with Crippen molar-refractivity contribution in [3.63, 3.8) is 0 Å². The minimum absolute atomic E-state index is 0.0212. The van der Waals surface area contributed by atoms with E-state index >= 15 is 0 Å². The lowest BCUT2D eigenvalue weighted by atomic mass is 9.78. The molecule has 1 N–H and O–H groups in total. The monoisotopic (exact) mass is 544 g/mol. The summed E-state index contributed by atoms with van der Waals surface area (Å²) < 4.78 is 38.0. The second kappa shape index (κ2) is 13.4. The first kappa shape index (κ1) is 33.3. The van der Waals surface area contributed by atoms with Crippen molar-refractivity contribution in [1.82, 2.24) is 0 Å². The van der Waals surface area contributed by atoms with Crippen LogP contribution in [0.2, 0.25) is 18.1 Å². The predicted octanol–water partition coefficient (Wildman–Crippen LogP) is 8.05. The molecule has 0 spiro atoms. The van der Waals surface area contributed by atoms with E-state index in [-0.39, 0.29) is 42.1 Å². The van der Waals surface area contributed by atoms with Crippen LogP contribution in [0.3, 0.4) is 0 Å². The van der Waals surface area contributed by atoms with Crippen molar-refractivity contribution in [1.29, 1.82) is 0 Å². The maximum atomic E-state index is 13.8. The highest BCUT2D eigenvalue weighted by Gasteiger charge is 2.38. The van der Waals surface area contributed by atoms with Crippen LogP contribution in [0.5, 0.6) is 5.75 Å². The Balaban J connectivity index is 3.39. The summed E-state index contributed by atoms with van der Waals surface area (Å²) in [6.45, 7) is 26.8. The van der Waals surface area contributed by atoms with Gasteiger partial charge in [-0.15, -0.1) is 0 Å². The molecule has 1 rings (SSSR count). The number of phosphoric acid groups is 1. The van der Waals surface area contributed by atoms with Gasteiger partial charge in [0.15, 0.2) is 8.32 Å². The molecule has 0 aliphatic rings. The predicted molar refractivity (Wildman–Crippen MR) is 153 cm³/mol. The summed E-state index contributed by atoms with van der Waals surface area (Å²) >= 11 is 0. The van der Waals surface area contributed by atoms with Crippen LogP contribution >= 0.6 is 7.82 Å². The molecule has 0 saturated heterocycles. The molecule has 1 aromatic rings. The largest absolute Gasteiger partial charge is 0.530 e. The summed E-state index contributed by atoms with van der Waals surface area (Å²) in [7, 11) is -5.74. The molecule has 1 aromatic carbocycles. The molecule has 0 aliphatic heterocycles. The SMILES string of the molecule is Cc1cc(CCO)cc(OP(=O)(OCC(C)C)OCC(C)C)c1C(C)(C)CCO[Si](C)(C)C(C)(C)C. The minimum atomic E-state index is -3.87. The average molecular weight is 545 g/mol. The summed E-state index contributed by atoms with van der Waals surface area (Å²) in [4.78, 5) is 0. The first-order valence-electron chi connectivity index (χ1n) is 13.3. The zero-order valence-electron chi connectivity index (χ0n) is 25.0. The van der Waals surface area contributed by atoms with E-state index in [9.17, 15) is 9.67 Å². The van der Waals surface area contributed by atoms with Gasteiger partial charge in [-0.3, -0.25) is 9.05 Å². The number of aliphatic hydroxyl groups is 1. The molecule has 8 heteroatoms. The molecule has 0 bridgehead atoms. The third-order valence-electron chi connectivity index (χ3n) is 6.77. The van der Waals surface area contributed by atoms with Crippen LogP contribution in [0.1, 0.15) is 85.4 Å². The highest BCUT2D eigenvalue weighted by atomic mass is 31.2. The van der Waals surface area contributed by atoms with E-state index in [1.807, 2.05) is 40.7 Å². The van der Waals surface area contributed by atoms with Crippen LogP contribution in [0.25, 0.3) is 0 Å². The highest BCUT2D eigenvalue weighted by molar-refractivity contribution is 7.48. The van der Waals surface area contributed by atoms with E-state index in [0.717, 1.165) is 23.1 Å². The highest BCUT2D eigenvalue weighted by Crippen LogP contribution is 2.53. The third kappa shape index (κ3) is 10.2. The fourth-order valence-electron chi connectivity index (χ4n) is 3.63. The molecule has 0 heterocycles. The van der Waals surface area contributed by atoms with Gasteiger partial charge in [0.1, 0.15) is 5.75 Å². The van der Waals surface area contributed by atoms with Gasteiger partial charge < -0.3 is 14.1 Å². The fourth-order valence-corrected chi connectivity index (χ4v) is 6.21. The maximum Gasteiger partial charge on any atom is 0.530 e. The summed E-state index contributed by atoms with van der Waals surface area (Å²) in [5.41, 5.74) is 2.58. The Hall–Kier alpha value is -0.693. The van der Waals surface area contributed by atoms with Gasteiger partial charge in [-0.05, 0) is 72.3 Å². The van der Waals surface area contributed by atoms with Crippen molar-refractivity contribution in [3.8, 4) is 5.75 Å². The zero-order chi connectivity index (χ0) is 27.9. The van der Waals surface area contributed by atoms with Crippen LogP contribution in [-0.4, -0.2) is 39.9 Å². The van der Waals surface area contributed by atoms with E-state index in [1.54, 1.807) is 0 Å². The number of benzene rings is 1. The van der Waals surface area contributed by atoms with Crippen molar-refractivity contribution >= 4 is 16.1 Å². The molecule has 0 unspecified atom stereocenters. The summed E-state index contributed by atoms with van der Waals surface area (Å²) in [5, 5.41) is 9.69. The number of hydrogen-bond donors (Lipinski definition) is 1. The van der Waals surface area contributed by atoms with Crippen molar-refractivity contribution in [2.24, 2.45) is 11.8 Å². The molecule has 6 nitrogen and oxygen atoms in total. The number of aliphatic hydroxyl groups excluding tert-OH is 1. The average Bonchev–Trinajstić information content (AvgIpc) is 2.69. The molecule has 0 aromatic heterocycles. The van der Waals surface area contributed by atoms with Crippen molar-refractivity contribution < 1.29 is 27.7 Å². The van der Waals surface area contributed by atoms with Gasteiger partial charge in [0.25, 0.3) is 0 Å². The van der Waals surface area contributed by atoms with Crippen molar-refractivity contribution in [2.45, 2.75) is 106 Å². The summed E-state index contributed by atoms with van der Waals surface area (Å²) in [5.74, 6) is 0.845. The van der Waals surface area contributed by atoms with Gasteiger partial charge in [0.2, 0.25) is 0 Å². The van der Waals surface area contributed by atoms with E-state index in [4.69, 9.17) is 18.0 Å².